The summed E-state index contributed by atoms with van der Waals surface area (Å²) in [6.45, 7) is 9.59. The fourth-order valence-electron chi connectivity index (χ4n) is 3.49. The fourth-order valence-corrected chi connectivity index (χ4v) is 4.61. The van der Waals surface area contributed by atoms with Gasteiger partial charge in [0, 0.05) is 37.5 Å². The number of thiophene rings is 1. The molecule has 0 spiro atoms. The second-order valence-corrected chi connectivity index (χ2v) is 8.58. The van der Waals surface area contributed by atoms with Gasteiger partial charge in [-0.1, -0.05) is 0 Å². The highest BCUT2D eigenvalue weighted by atomic mass is 32.1. The molecule has 130 valence electrons. The Bertz CT molecular complexity index is 818. The SMILES string of the molecule is CN1CCN(Cc2nc3sc4c(c3c(=O)[nH]2)CC(C)(C)OC4)CC1. The molecule has 2 aromatic heterocycles. The number of likely N-dealkylation sites (N-methyl/N-ethyl adjacent to an activating group) is 1. The Morgan fingerprint density at radius 2 is 2.04 bits per heavy atom. The summed E-state index contributed by atoms with van der Waals surface area (Å²) in [4.78, 5) is 27.1. The van der Waals surface area contributed by atoms with Crippen LogP contribution in [0, 0.1) is 0 Å². The summed E-state index contributed by atoms with van der Waals surface area (Å²) in [5.74, 6) is 0.774. The van der Waals surface area contributed by atoms with Crippen molar-refractivity contribution in [1.82, 2.24) is 19.8 Å². The monoisotopic (exact) mass is 348 g/mol. The molecule has 1 N–H and O–H groups in total. The Morgan fingerprint density at radius 3 is 2.79 bits per heavy atom. The zero-order valence-corrected chi connectivity index (χ0v) is 15.3. The first kappa shape index (κ1) is 16.2. The maximum Gasteiger partial charge on any atom is 0.259 e. The van der Waals surface area contributed by atoms with Gasteiger partial charge in [-0.3, -0.25) is 9.69 Å². The van der Waals surface area contributed by atoms with Crippen molar-refractivity contribution in [1.29, 1.82) is 0 Å². The van der Waals surface area contributed by atoms with E-state index >= 15 is 0 Å². The van der Waals surface area contributed by atoms with E-state index in [1.54, 1.807) is 11.3 Å². The molecule has 2 aliphatic heterocycles. The lowest BCUT2D eigenvalue weighted by atomic mass is 9.94. The zero-order chi connectivity index (χ0) is 16.9. The second kappa shape index (κ2) is 5.91. The summed E-state index contributed by atoms with van der Waals surface area (Å²) in [6.07, 6.45) is 0.769. The molecule has 24 heavy (non-hydrogen) atoms. The molecule has 1 saturated heterocycles. The molecule has 4 rings (SSSR count). The summed E-state index contributed by atoms with van der Waals surface area (Å²) in [5, 5.41) is 0.772. The molecular weight excluding hydrogens is 324 g/mol. The lowest BCUT2D eigenvalue weighted by Gasteiger charge is -2.31. The Morgan fingerprint density at radius 1 is 1.29 bits per heavy atom. The van der Waals surface area contributed by atoms with Gasteiger partial charge in [-0.2, -0.15) is 0 Å². The highest BCUT2D eigenvalue weighted by Crippen LogP contribution is 2.36. The van der Waals surface area contributed by atoms with Crippen molar-refractivity contribution < 1.29 is 4.74 Å². The maximum atomic E-state index is 12.7. The van der Waals surface area contributed by atoms with Gasteiger partial charge in [0.1, 0.15) is 10.7 Å². The largest absolute Gasteiger partial charge is 0.370 e. The van der Waals surface area contributed by atoms with Crippen molar-refractivity contribution in [3.05, 3.63) is 26.6 Å². The predicted octanol–water partition coefficient (Wildman–Crippen LogP) is 1.58. The number of fused-ring (bicyclic) bond motifs is 3. The predicted molar refractivity (Wildman–Crippen MR) is 95.6 cm³/mol. The number of aromatic nitrogens is 2. The average molecular weight is 348 g/mol. The number of aromatic amines is 1. The van der Waals surface area contributed by atoms with Crippen LogP contribution in [0.15, 0.2) is 4.79 Å². The average Bonchev–Trinajstić information content (AvgIpc) is 2.86. The van der Waals surface area contributed by atoms with Gasteiger partial charge < -0.3 is 14.6 Å². The molecule has 0 aliphatic carbocycles. The normalized spacial score (nSPS) is 22.0. The fraction of sp³-hybridized carbons (Fsp3) is 0.647. The van der Waals surface area contributed by atoms with Gasteiger partial charge in [0.05, 0.1) is 24.1 Å². The van der Waals surface area contributed by atoms with Crippen molar-refractivity contribution in [3.8, 4) is 0 Å². The van der Waals surface area contributed by atoms with Crippen molar-refractivity contribution in [3.63, 3.8) is 0 Å². The molecule has 0 atom stereocenters. The van der Waals surface area contributed by atoms with E-state index < -0.39 is 0 Å². The first-order valence-corrected chi connectivity index (χ1v) is 9.31. The molecule has 7 heteroatoms. The van der Waals surface area contributed by atoms with Gasteiger partial charge in [-0.25, -0.2) is 4.98 Å². The van der Waals surface area contributed by atoms with Gasteiger partial charge in [-0.15, -0.1) is 11.3 Å². The minimum Gasteiger partial charge on any atom is -0.370 e. The third kappa shape index (κ3) is 3.01. The molecule has 0 saturated carbocycles. The lowest BCUT2D eigenvalue weighted by molar-refractivity contribution is -0.0379. The number of H-pyrrole nitrogens is 1. The summed E-state index contributed by atoms with van der Waals surface area (Å²) in [7, 11) is 2.14. The van der Waals surface area contributed by atoms with E-state index in [0.717, 1.165) is 59.1 Å². The first-order chi connectivity index (χ1) is 11.4. The summed E-state index contributed by atoms with van der Waals surface area (Å²) in [6, 6.07) is 0. The number of nitrogens with one attached hydrogen (secondary N) is 1. The van der Waals surface area contributed by atoms with E-state index in [4.69, 9.17) is 9.72 Å². The topological polar surface area (TPSA) is 61.5 Å². The quantitative estimate of drug-likeness (QED) is 0.893. The molecule has 2 aromatic rings. The minimum atomic E-state index is -0.216. The first-order valence-electron chi connectivity index (χ1n) is 8.49. The molecule has 0 bridgehead atoms. The standard InChI is InChI=1S/C17H24N4O2S/c1-17(2)8-11-12(10-23-17)24-16-14(11)15(22)18-13(19-16)9-21-6-4-20(3)5-7-21/h4-10H2,1-3H3,(H,18,19,22). The summed E-state index contributed by atoms with van der Waals surface area (Å²) in [5.41, 5.74) is 0.914. The lowest BCUT2D eigenvalue weighted by Crippen LogP contribution is -2.44. The molecule has 4 heterocycles. The van der Waals surface area contributed by atoms with E-state index in [1.807, 2.05) is 0 Å². The Hall–Kier alpha value is -1.28. The van der Waals surface area contributed by atoms with Crippen LogP contribution in [-0.2, 0) is 24.3 Å². The zero-order valence-electron chi connectivity index (χ0n) is 14.5. The number of hydrogen-bond acceptors (Lipinski definition) is 6. The van der Waals surface area contributed by atoms with Crippen LogP contribution in [0.3, 0.4) is 0 Å². The summed E-state index contributed by atoms with van der Waals surface area (Å²) >= 11 is 1.61. The van der Waals surface area contributed by atoms with Gasteiger partial charge in [0.15, 0.2) is 0 Å². The molecule has 1 fully saturated rings. The molecule has 0 unspecified atom stereocenters. The molecular formula is C17H24N4O2S. The Kier molecular flexibility index (Phi) is 3.99. The minimum absolute atomic E-state index is 0.000623. The molecule has 0 radical (unpaired) electrons. The van der Waals surface area contributed by atoms with Crippen LogP contribution in [0.25, 0.3) is 10.2 Å². The van der Waals surface area contributed by atoms with Crippen molar-refractivity contribution in [2.24, 2.45) is 0 Å². The van der Waals surface area contributed by atoms with E-state index in [2.05, 4.69) is 35.7 Å². The third-order valence-corrected chi connectivity index (χ3v) is 6.06. The van der Waals surface area contributed by atoms with Gasteiger partial charge >= 0.3 is 0 Å². The van der Waals surface area contributed by atoms with Crippen LogP contribution in [0.1, 0.15) is 30.1 Å². The highest BCUT2D eigenvalue weighted by Gasteiger charge is 2.30. The number of piperazine rings is 1. The Balaban J connectivity index is 1.65. The molecule has 6 nitrogen and oxygen atoms in total. The van der Waals surface area contributed by atoms with Crippen molar-refractivity contribution in [2.75, 3.05) is 33.2 Å². The van der Waals surface area contributed by atoms with Crippen LogP contribution < -0.4 is 5.56 Å². The molecule has 2 aliphatic rings. The molecule has 0 aromatic carbocycles. The smallest absolute Gasteiger partial charge is 0.259 e. The van der Waals surface area contributed by atoms with Crippen molar-refractivity contribution >= 4 is 21.6 Å². The van der Waals surface area contributed by atoms with E-state index in [0.29, 0.717) is 13.2 Å². The summed E-state index contributed by atoms with van der Waals surface area (Å²) < 4.78 is 5.88. The van der Waals surface area contributed by atoms with Crippen LogP contribution in [0.5, 0.6) is 0 Å². The number of rotatable bonds is 2. The number of nitrogens with zero attached hydrogens (tertiary/aromatic N) is 3. The van der Waals surface area contributed by atoms with Crippen LogP contribution in [0.2, 0.25) is 0 Å². The van der Waals surface area contributed by atoms with Crippen LogP contribution in [-0.4, -0.2) is 58.6 Å². The van der Waals surface area contributed by atoms with Crippen LogP contribution in [0.4, 0.5) is 0 Å². The maximum absolute atomic E-state index is 12.7. The second-order valence-electron chi connectivity index (χ2n) is 7.50. The van der Waals surface area contributed by atoms with E-state index in [9.17, 15) is 4.79 Å². The number of ether oxygens (including phenoxy) is 1. The Labute approximate surface area is 145 Å². The number of hydrogen-bond donors (Lipinski definition) is 1. The van der Waals surface area contributed by atoms with E-state index in [1.165, 1.54) is 0 Å². The van der Waals surface area contributed by atoms with Gasteiger partial charge in [0.25, 0.3) is 5.56 Å². The highest BCUT2D eigenvalue weighted by molar-refractivity contribution is 7.18. The van der Waals surface area contributed by atoms with Gasteiger partial charge in [-0.05, 0) is 26.5 Å². The molecule has 0 amide bonds. The van der Waals surface area contributed by atoms with Crippen LogP contribution >= 0.6 is 11.3 Å². The third-order valence-electron chi connectivity index (χ3n) is 4.96. The van der Waals surface area contributed by atoms with Gasteiger partial charge in [0.2, 0.25) is 0 Å². The van der Waals surface area contributed by atoms with E-state index in [-0.39, 0.29) is 11.2 Å². The van der Waals surface area contributed by atoms with Crippen molar-refractivity contribution in [2.45, 2.75) is 39.0 Å².